The van der Waals surface area contributed by atoms with Crippen LogP contribution in [0.4, 0.5) is 5.13 Å². The number of rotatable bonds is 5. The van der Waals surface area contributed by atoms with E-state index in [0.29, 0.717) is 21.5 Å². The third-order valence-corrected chi connectivity index (χ3v) is 5.70. The first-order valence-corrected chi connectivity index (χ1v) is 9.56. The monoisotopic (exact) mass is 384 g/mol. The summed E-state index contributed by atoms with van der Waals surface area (Å²) in [7, 11) is 1.59. The summed E-state index contributed by atoms with van der Waals surface area (Å²) in [5.41, 5.74) is 2.10. The highest BCUT2D eigenvalue weighted by atomic mass is 32.2. The maximum absolute atomic E-state index is 12.2. The van der Waals surface area contributed by atoms with Crippen LogP contribution in [0.2, 0.25) is 0 Å². The summed E-state index contributed by atoms with van der Waals surface area (Å²) in [6.07, 6.45) is 0. The van der Waals surface area contributed by atoms with Gasteiger partial charge in [0, 0.05) is 10.3 Å². The van der Waals surface area contributed by atoms with E-state index < -0.39 is 0 Å². The molecular weight excluding hydrogens is 368 g/mol. The molecular formula is C18H16N4O2S2. The van der Waals surface area contributed by atoms with Gasteiger partial charge in [-0.3, -0.25) is 4.79 Å². The van der Waals surface area contributed by atoms with Crippen LogP contribution in [-0.2, 0) is 4.79 Å². The molecule has 0 atom stereocenters. The van der Waals surface area contributed by atoms with E-state index in [2.05, 4.69) is 21.4 Å². The highest BCUT2D eigenvalue weighted by Crippen LogP contribution is 2.27. The quantitative estimate of drug-likeness (QED) is 0.671. The maximum Gasteiger partial charge on any atom is 0.236 e. The second-order valence-electron chi connectivity index (χ2n) is 5.51. The van der Waals surface area contributed by atoms with Crippen LogP contribution >= 0.6 is 23.1 Å². The molecule has 2 heterocycles. The molecule has 0 radical (unpaired) electrons. The van der Waals surface area contributed by atoms with E-state index in [0.717, 1.165) is 21.5 Å². The number of pyridine rings is 1. The predicted octanol–water partition coefficient (Wildman–Crippen LogP) is 3.92. The summed E-state index contributed by atoms with van der Waals surface area (Å²) in [5.74, 6) is 0.683. The van der Waals surface area contributed by atoms with Gasteiger partial charge in [0.25, 0.3) is 0 Å². The van der Waals surface area contributed by atoms with Crippen molar-refractivity contribution in [3.8, 4) is 11.8 Å². The van der Waals surface area contributed by atoms with Crippen molar-refractivity contribution in [1.82, 2.24) is 9.97 Å². The average Bonchev–Trinajstić information content (AvgIpc) is 2.95. The highest BCUT2D eigenvalue weighted by molar-refractivity contribution is 8.00. The normalized spacial score (nSPS) is 10.5. The van der Waals surface area contributed by atoms with Gasteiger partial charge in [0.15, 0.2) is 5.13 Å². The van der Waals surface area contributed by atoms with Gasteiger partial charge in [0.1, 0.15) is 16.8 Å². The van der Waals surface area contributed by atoms with Crippen LogP contribution < -0.4 is 10.1 Å². The molecule has 6 nitrogen and oxygen atoms in total. The number of methoxy groups -OCH3 is 1. The van der Waals surface area contributed by atoms with Gasteiger partial charge < -0.3 is 10.1 Å². The Labute approximate surface area is 159 Å². The molecule has 0 fully saturated rings. The molecule has 132 valence electrons. The number of nitrogens with zero attached hydrogens (tertiary/aromatic N) is 3. The van der Waals surface area contributed by atoms with E-state index >= 15 is 0 Å². The van der Waals surface area contributed by atoms with Crippen molar-refractivity contribution >= 4 is 45.0 Å². The Hall–Kier alpha value is -2.63. The van der Waals surface area contributed by atoms with Crippen LogP contribution in [0.15, 0.2) is 29.3 Å². The van der Waals surface area contributed by atoms with Crippen molar-refractivity contribution in [1.29, 1.82) is 5.26 Å². The molecule has 0 aliphatic rings. The van der Waals surface area contributed by atoms with Gasteiger partial charge in [-0.25, -0.2) is 9.97 Å². The van der Waals surface area contributed by atoms with Crippen LogP contribution in [0.5, 0.6) is 5.75 Å². The maximum atomic E-state index is 12.2. The summed E-state index contributed by atoms with van der Waals surface area (Å²) in [4.78, 5) is 22.0. The summed E-state index contributed by atoms with van der Waals surface area (Å²) >= 11 is 2.68. The molecule has 0 aliphatic carbocycles. The first-order chi connectivity index (χ1) is 12.5. The van der Waals surface area contributed by atoms with Crippen molar-refractivity contribution in [3.63, 3.8) is 0 Å². The summed E-state index contributed by atoms with van der Waals surface area (Å²) in [6.45, 7) is 3.87. The predicted molar refractivity (Wildman–Crippen MR) is 104 cm³/mol. The number of nitriles is 1. The lowest BCUT2D eigenvalue weighted by Gasteiger charge is -2.07. The molecule has 3 rings (SSSR count). The molecule has 0 unspecified atom stereocenters. The lowest BCUT2D eigenvalue weighted by atomic mass is 10.1. The van der Waals surface area contributed by atoms with Crippen LogP contribution in [0.3, 0.4) is 0 Å². The molecule has 1 N–H and O–H groups in total. The van der Waals surface area contributed by atoms with Gasteiger partial charge in [-0.2, -0.15) is 5.26 Å². The molecule has 0 bridgehead atoms. The molecule has 3 aromatic rings. The number of thiazole rings is 1. The Morgan fingerprint density at radius 2 is 2.15 bits per heavy atom. The second-order valence-corrected chi connectivity index (χ2v) is 7.68. The molecule has 2 aromatic heterocycles. The lowest BCUT2D eigenvalue weighted by molar-refractivity contribution is -0.113. The van der Waals surface area contributed by atoms with Gasteiger partial charge in [-0.15, -0.1) is 11.3 Å². The average molecular weight is 384 g/mol. The number of anilines is 1. The molecule has 26 heavy (non-hydrogen) atoms. The minimum Gasteiger partial charge on any atom is -0.497 e. The van der Waals surface area contributed by atoms with Crippen LogP contribution in [0.1, 0.15) is 16.1 Å². The van der Waals surface area contributed by atoms with Gasteiger partial charge in [-0.05, 0) is 38.1 Å². The van der Waals surface area contributed by atoms with Crippen LogP contribution in [0.25, 0.3) is 10.9 Å². The zero-order chi connectivity index (χ0) is 18.7. The molecule has 0 saturated heterocycles. The standard InChI is InChI=1S/C18H16N4O2S2/c1-10-11(2)26-18(20-10)22-16(23)9-25-17-13(8-19)6-12-7-14(24-3)4-5-15(12)21-17/h4-7H,9H2,1-3H3,(H,20,22,23). The first-order valence-electron chi connectivity index (χ1n) is 7.75. The molecule has 8 heteroatoms. The SMILES string of the molecule is COc1ccc2nc(SCC(=O)Nc3nc(C)c(C)s3)c(C#N)cc2c1. The number of fused-ring (bicyclic) bond motifs is 1. The molecule has 0 spiro atoms. The number of carbonyl (C=O) groups excluding carboxylic acids is 1. The van der Waals surface area contributed by atoms with Crippen LogP contribution in [0, 0.1) is 25.2 Å². The van der Waals surface area contributed by atoms with E-state index in [1.54, 1.807) is 13.2 Å². The first kappa shape index (κ1) is 18.2. The van der Waals surface area contributed by atoms with E-state index in [-0.39, 0.29) is 11.7 Å². The largest absolute Gasteiger partial charge is 0.497 e. The number of amides is 1. The van der Waals surface area contributed by atoms with Gasteiger partial charge in [0.2, 0.25) is 5.91 Å². The van der Waals surface area contributed by atoms with Crippen molar-refractivity contribution in [2.24, 2.45) is 0 Å². The van der Waals surface area contributed by atoms with Crippen molar-refractivity contribution in [2.75, 3.05) is 18.2 Å². The van der Waals surface area contributed by atoms with Crippen molar-refractivity contribution < 1.29 is 9.53 Å². The van der Waals surface area contributed by atoms with Crippen molar-refractivity contribution in [3.05, 3.63) is 40.4 Å². The Bertz CT molecular complexity index is 1000. The molecule has 0 aliphatic heterocycles. The fourth-order valence-corrected chi connectivity index (χ4v) is 3.86. The third kappa shape index (κ3) is 3.95. The summed E-state index contributed by atoms with van der Waals surface area (Å²) < 4.78 is 5.20. The Morgan fingerprint density at radius 1 is 1.35 bits per heavy atom. The van der Waals surface area contributed by atoms with Gasteiger partial charge in [-0.1, -0.05) is 11.8 Å². The number of nitrogens with one attached hydrogen (secondary N) is 1. The van der Waals surface area contributed by atoms with E-state index in [4.69, 9.17) is 4.74 Å². The van der Waals surface area contributed by atoms with Crippen LogP contribution in [-0.4, -0.2) is 28.7 Å². The summed E-state index contributed by atoms with van der Waals surface area (Å²) in [5, 5.41) is 14.1. The van der Waals surface area contributed by atoms with Crippen molar-refractivity contribution in [2.45, 2.75) is 18.9 Å². The zero-order valence-electron chi connectivity index (χ0n) is 14.5. The number of ether oxygens (including phenoxy) is 1. The molecule has 1 amide bonds. The summed E-state index contributed by atoms with van der Waals surface area (Å²) in [6, 6.07) is 9.39. The number of aromatic nitrogens is 2. The minimum atomic E-state index is -0.177. The molecule has 0 saturated carbocycles. The Balaban J connectivity index is 1.75. The zero-order valence-corrected chi connectivity index (χ0v) is 16.1. The fraction of sp³-hybridized carbons (Fsp3) is 0.222. The Morgan fingerprint density at radius 3 is 2.81 bits per heavy atom. The van der Waals surface area contributed by atoms with E-state index in [1.165, 1.54) is 23.1 Å². The number of hydrogen-bond acceptors (Lipinski definition) is 7. The number of benzene rings is 1. The second kappa shape index (κ2) is 7.72. The lowest BCUT2D eigenvalue weighted by Crippen LogP contribution is -2.14. The highest BCUT2D eigenvalue weighted by Gasteiger charge is 2.12. The van der Waals surface area contributed by atoms with Gasteiger partial charge in [0.05, 0.1) is 29.6 Å². The topological polar surface area (TPSA) is 87.9 Å². The number of thioether (sulfide) groups is 1. The smallest absolute Gasteiger partial charge is 0.236 e. The number of aryl methyl sites for hydroxylation is 2. The minimum absolute atomic E-state index is 0.154. The van der Waals surface area contributed by atoms with E-state index in [9.17, 15) is 10.1 Å². The van der Waals surface area contributed by atoms with Gasteiger partial charge >= 0.3 is 0 Å². The Kier molecular flexibility index (Phi) is 5.40. The number of carbonyl (C=O) groups is 1. The van der Waals surface area contributed by atoms with E-state index in [1.807, 2.05) is 32.0 Å². The number of hydrogen-bond donors (Lipinski definition) is 1. The molecule has 1 aromatic carbocycles. The third-order valence-electron chi connectivity index (χ3n) is 3.72. The fourth-order valence-electron chi connectivity index (χ4n) is 2.27.